The molecule has 0 bridgehead atoms. The Morgan fingerprint density at radius 2 is 1.20 bits per heavy atom. The predicted octanol–water partition coefficient (Wildman–Crippen LogP) is 0.656. The number of nitrogens with two attached hydrogens (primary N) is 2. The summed E-state index contributed by atoms with van der Waals surface area (Å²) in [6, 6.07) is 7.27. The number of hydrogen-bond acceptors (Lipinski definition) is 6. The lowest BCUT2D eigenvalue weighted by Gasteiger charge is -2.08. The van der Waals surface area contributed by atoms with Crippen LogP contribution < -0.4 is 16.2 Å². The van der Waals surface area contributed by atoms with Crippen molar-refractivity contribution < 1.29 is 18.9 Å². The molecule has 0 spiro atoms. The molecule has 0 aliphatic rings. The first-order chi connectivity index (χ1) is 9.83. The van der Waals surface area contributed by atoms with Crippen molar-refractivity contribution in [3.05, 3.63) is 24.3 Å². The van der Waals surface area contributed by atoms with E-state index in [-0.39, 0.29) is 0 Å². The van der Waals surface area contributed by atoms with Crippen LogP contribution in [0.25, 0.3) is 0 Å². The van der Waals surface area contributed by atoms with E-state index >= 15 is 0 Å². The van der Waals surface area contributed by atoms with Crippen LogP contribution in [0.3, 0.4) is 0 Å². The molecule has 6 heteroatoms. The number of anilines is 1. The molecule has 0 aliphatic carbocycles. The molecule has 0 saturated carbocycles. The zero-order valence-electron chi connectivity index (χ0n) is 11.8. The molecule has 20 heavy (non-hydrogen) atoms. The maximum atomic E-state index is 5.58. The fourth-order valence-corrected chi connectivity index (χ4v) is 1.41. The largest absolute Gasteiger partial charge is 0.491 e. The van der Waals surface area contributed by atoms with Crippen molar-refractivity contribution >= 4 is 5.69 Å². The summed E-state index contributed by atoms with van der Waals surface area (Å²) >= 11 is 0. The first-order valence-electron chi connectivity index (χ1n) is 6.74. The summed E-state index contributed by atoms with van der Waals surface area (Å²) in [7, 11) is 0. The fourth-order valence-electron chi connectivity index (χ4n) is 1.41. The van der Waals surface area contributed by atoms with Crippen LogP contribution >= 0.6 is 0 Å². The predicted molar refractivity (Wildman–Crippen MR) is 77.9 cm³/mol. The molecule has 0 heterocycles. The van der Waals surface area contributed by atoms with Crippen LogP contribution in [0.5, 0.6) is 5.75 Å². The Bertz CT molecular complexity index is 332. The van der Waals surface area contributed by atoms with Gasteiger partial charge < -0.3 is 30.4 Å². The Kier molecular flexibility index (Phi) is 9.60. The van der Waals surface area contributed by atoms with Crippen molar-refractivity contribution in [1.82, 2.24) is 0 Å². The second kappa shape index (κ2) is 11.5. The Morgan fingerprint density at radius 3 is 1.75 bits per heavy atom. The monoisotopic (exact) mass is 284 g/mol. The standard InChI is InChI=1S/C14H24N2O4/c15-5-6-17-7-8-18-9-10-19-11-12-20-14-3-1-13(16)2-4-14/h1-4H,5-12,15-16H2. The highest BCUT2D eigenvalue weighted by Crippen LogP contribution is 2.12. The smallest absolute Gasteiger partial charge is 0.119 e. The van der Waals surface area contributed by atoms with Gasteiger partial charge in [0.25, 0.3) is 0 Å². The molecule has 1 aromatic rings. The maximum absolute atomic E-state index is 5.58. The molecule has 0 aliphatic heterocycles. The Labute approximate surface area is 119 Å². The second-order valence-electron chi connectivity index (χ2n) is 4.04. The van der Waals surface area contributed by atoms with Crippen molar-refractivity contribution in [2.45, 2.75) is 0 Å². The molecule has 0 radical (unpaired) electrons. The summed E-state index contributed by atoms with van der Waals surface area (Å²) in [6.45, 7) is 4.36. The van der Waals surface area contributed by atoms with Crippen molar-refractivity contribution in [1.29, 1.82) is 0 Å². The van der Waals surface area contributed by atoms with Crippen LogP contribution in [0.2, 0.25) is 0 Å². The molecule has 1 rings (SSSR count). The van der Waals surface area contributed by atoms with Crippen LogP contribution in [-0.2, 0) is 14.2 Å². The van der Waals surface area contributed by atoms with E-state index in [0.29, 0.717) is 52.8 Å². The minimum atomic E-state index is 0.504. The van der Waals surface area contributed by atoms with Crippen molar-refractivity contribution in [3.8, 4) is 5.75 Å². The van der Waals surface area contributed by atoms with Gasteiger partial charge in [0.2, 0.25) is 0 Å². The highest BCUT2D eigenvalue weighted by molar-refractivity contribution is 5.41. The van der Waals surface area contributed by atoms with E-state index in [1.54, 1.807) is 12.1 Å². The van der Waals surface area contributed by atoms with E-state index in [2.05, 4.69) is 0 Å². The zero-order valence-corrected chi connectivity index (χ0v) is 11.8. The summed E-state index contributed by atoms with van der Waals surface area (Å²) in [5, 5.41) is 0. The molecule has 0 atom stereocenters. The first kappa shape index (κ1) is 16.7. The van der Waals surface area contributed by atoms with Gasteiger partial charge in [0.15, 0.2) is 0 Å². The third kappa shape index (κ3) is 8.71. The summed E-state index contributed by atoms with van der Waals surface area (Å²) in [4.78, 5) is 0. The van der Waals surface area contributed by atoms with Gasteiger partial charge in [-0.3, -0.25) is 0 Å². The highest BCUT2D eigenvalue weighted by atomic mass is 16.6. The lowest BCUT2D eigenvalue weighted by Crippen LogP contribution is -2.14. The average molecular weight is 284 g/mol. The first-order valence-corrected chi connectivity index (χ1v) is 6.74. The molecular weight excluding hydrogens is 260 g/mol. The molecule has 0 fully saturated rings. The van der Waals surface area contributed by atoms with Crippen LogP contribution in [-0.4, -0.2) is 52.8 Å². The molecule has 1 aromatic carbocycles. The van der Waals surface area contributed by atoms with Crippen molar-refractivity contribution in [3.63, 3.8) is 0 Å². The third-order valence-electron chi connectivity index (χ3n) is 2.38. The normalized spacial score (nSPS) is 10.7. The van der Waals surface area contributed by atoms with Crippen LogP contribution in [0.4, 0.5) is 5.69 Å². The minimum absolute atomic E-state index is 0.504. The highest BCUT2D eigenvalue weighted by Gasteiger charge is 1.94. The molecule has 0 saturated heterocycles. The fraction of sp³-hybridized carbons (Fsp3) is 0.571. The van der Waals surface area contributed by atoms with Gasteiger partial charge in [-0.1, -0.05) is 0 Å². The lowest BCUT2D eigenvalue weighted by molar-refractivity contribution is 0.0106. The number of hydrogen-bond donors (Lipinski definition) is 2. The molecule has 0 aromatic heterocycles. The Balaban J connectivity index is 1.84. The SMILES string of the molecule is NCCOCCOCCOCCOc1ccc(N)cc1. The van der Waals surface area contributed by atoms with Gasteiger partial charge in [0.05, 0.1) is 39.6 Å². The number of ether oxygens (including phenoxy) is 4. The van der Waals surface area contributed by atoms with Gasteiger partial charge >= 0.3 is 0 Å². The van der Waals surface area contributed by atoms with Gasteiger partial charge in [-0.2, -0.15) is 0 Å². The molecule has 0 unspecified atom stereocenters. The topological polar surface area (TPSA) is 89.0 Å². The molecule has 114 valence electrons. The summed E-state index contributed by atoms with van der Waals surface area (Å²) in [5.41, 5.74) is 11.6. The van der Waals surface area contributed by atoms with Crippen LogP contribution in [0.15, 0.2) is 24.3 Å². The zero-order chi connectivity index (χ0) is 14.5. The van der Waals surface area contributed by atoms with E-state index in [1.807, 2.05) is 12.1 Å². The van der Waals surface area contributed by atoms with Crippen LogP contribution in [0, 0.1) is 0 Å². The van der Waals surface area contributed by atoms with Gasteiger partial charge in [-0.05, 0) is 24.3 Å². The van der Waals surface area contributed by atoms with Gasteiger partial charge in [0, 0.05) is 12.2 Å². The number of rotatable bonds is 12. The van der Waals surface area contributed by atoms with E-state index in [9.17, 15) is 0 Å². The molecular formula is C14H24N2O4. The quantitative estimate of drug-likeness (QED) is 0.433. The average Bonchev–Trinajstić information content (AvgIpc) is 2.47. The summed E-state index contributed by atoms with van der Waals surface area (Å²) < 4.78 is 21.3. The number of nitrogen functional groups attached to an aromatic ring is 1. The van der Waals surface area contributed by atoms with Crippen LogP contribution in [0.1, 0.15) is 0 Å². The van der Waals surface area contributed by atoms with Gasteiger partial charge in [-0.15, -0.1) is 0 Å². The second-order valence-corrected chi connectivity index (χ2v) is 4.04. The van der Waals surface area contributed by atoms with E-state index in [1.165, 1.54) is 0 Å². The molecule has 0 amide bonds. The Morgan fingerprint density at radius 1 is 0.700 bits per heavy atom. The Hall–Kier alpha value is -1.34. The molecule has 4 N–H and O–H groups in total. The lowest BCUT2D eigenvalue weighted by atomic mass is 10.3. The summed E-state index contributed by atoms with van der Waals surface area (Å²) in [5.74, 6) is 0.788. The van der Waals surface area contributed by atoms with E-state index < -0.39 is 0 Å². The van der Waals surface area contributed by atoms with E-state index in [4.69, 9.17) is 30.4 Å². The molecule has 6 nitrogen and oxygen atoms in total. The third-order valence-corrected chi connectivity index (χ3v) is 2.38. The van der Waals surface area contributed by atoms with Gasteiger partial charge in [-0.25, -0.2) is 0 Å². The minimum Gasteiger partial charge on any atom is -0.491 e. The van der Waals surface area contributed by atoms with Gasteiger partial charge in [0.1, 0.15) is 12.4 Å². The summed E-state index contributed by atoms with van der Waals surface area (Å²) in [6.07, 6.45) is 0. The van der Waals surface area contributed by atoms with Crippen molar-refractivity contribution in [2.24, 2.45) is 5.73 Å². The maximum Gasteiger partial charge on any atom is 0.119 e. The van der Waals surface area contributed by atoms with E-state index in [0.717, 1.165) is 11.4 Å². The number of benzene rings is 1. The van der Waals surface area contributed by atoms with Crippen molar-refractivity contribution in [2.75, 3.05) is 58.5 Å².